The van der Waals surface area contributed by atoms with Gasteiger partial charge in [-0.2, -0.15) is 0 Å². The van der Waals surface area contributed by atoms with Gasteiger partial charge in [0.15, 0.2) is 11.5 Å². The summed E-state index contributed by atoms with van der Waals surface area (Å²) in [5.74, 6) is 1.41. The number of rotatable bonds is 8. The lowest BCUT2D eigenvalue weighted by Crippen LogP contribution is -2.32. The average molecular weight is 376 g/mol. The predicted octanol–water partition coefficient (Wildman–Crippen LogP) is 3.87. The second-order valence-electron chi connectivity index (χ2n) is 5.47. The molecule has 0 aliphatic heterocycles. The van der Waals surface area contributed by atoms with E-state index in [0.717, 1.165) is 10.6 Å². The fourth-order valence-corrected chi connectivity index (χ4v) is 3.02. The number of nitrogens with one attached hydrogen (secondary N) is 2. The topological polar surface area (TPSA) is 68.8 Å². The van der Waals surface area contributed by atoms with Crippen molar-refractivity contribution in [3.8, 4) is 17.2 Å². The molecule has 26 heavy (non-hydrogen) atoms. The number of amides is 1. The van der Waals surface area contributed by atoms with Crippen molar-refractivity contribution in [2.24, 2.45) is 0 Å². The molecular formula is C19H24N2O4S. The van der Waals surface area contributed by atoms with Gasteiger partial charge >= 0.3 is 0 Å². The molecule has 7 heteroatoms. The SMILES string of the molecule is COc1cc(N[C@@H](C)C(=O)Nc2ccccc2SC)cc(OC)c1OC. The van der Waals surface area contributed by atoms with E-state index >= 15 is 0 Å². The summed E-state index contributed by atoms with van der Waals surface area (Å²) < 4.78 is 16.0. The maximum absolute atomic E-state index is 12.5. The Kier molecular flexibility index (Phi) is 7.03. The second-order valence-corrected chi connectivity index (χ2v) is 6.32. The molecule has 0 aliphatic carbocycles. The van der Waals surface area contributed by atoms with Crippen LogP contribution in [0.1, 0.15) is 6.92 Å². The van der Waals surface area contributed by atoms with Crippen molar-refractivity contribution >= 4 is 29.0 Å². The Balaban J connectivity index is 2.16. The summed E-state index contributed by atoms with van der Waals surface area (Å²) in [5.41, 5.74) is 1.49. The lowest BCUT2D eigenvalue weighted by atomic mass is 10.2. The van der Waals surface area contributed by atoms with Gasteiger partial charge in [-0.3, -0.25) is 4.79 Å². The van der Waals surface area contributed by atoms with E-state index in [0.29, 0.717) is 22.9 Å². The van der Waals surface area contributed by atoms with E-state index in [-0.39, 0.29) is 5.91 Å². The first-order valence-corrected chi connectivity index (χ1v) is 9.27. The summed E-state index contributed by atoms with van der Waals surface area (Å²) in [4.78, 5) is 13.6. The van der Waals surface area contributed by atoms with Crippen molar-refractivity contribution in [1.82, 2.24) is 0 Å². The molecule has 2 aromatic rings. The Morgan fingerprint density at radius 1 is 1.04 bits per heavy atom. The van der Waals surface area contributed by atoms with Crippen LogP contribution in [0.4, 0.5) is 11.4 Å². The third-order valence-corrected chi connectivity index (χ3v) is 4.60. The van der Waals surface area contributed by atoms with Crippen LogP contribution in [0.3, 0.4) is 0 Å². The van der Waals surface area contributed by atoms with Gasteiger partial charge in [0, 0.05) is 22.7 Å². The number of methoxy groups -OCH3 is 3. The minimum atomic E-state index is -0.465. The first-order valence-electron chi connectivity index (χ1n) is 8.04. The molecule has 2 rings (SSSR count). The summed E-state index contributed by atoms with van der Waals surface area (Å²) in [7, 11) is 4.65. The third kappa shape index (κ3) is 4.54. The molecule has 0 radical (unpaired) electrons. The molecule has 0 spiro atoms. The van der Waals surface area contributed by atoms with Crippen LogP contribution in [0.2, 0.25) is 0 Å². The highest BCUT2D eigenvalue weighted by atomic mass is 32.2. The molecule has 0 fully saturated rings. The standard InChI is InChI=1S/C19H24N2O4S/c1-12(19(22)21-14-8-6-7-9-17(14)26-5)20-13-10-15(23-2)18(25-4)16(11-13)24-3/h6-12,20H,1-5H3,(H,21,22)/t12-/m0/s1. The first kappa shape index (κ1) is 19.8. The Bertz CT molecular complexity index is 742. The summed E-state index contributed by atoms with van der Waals surface area (Å²) in [6.45, 7) is 1.79. The van der Waals surface area contributed by atoms with Gasteiger partial charge in [-0.05, 0) is 25.3 Å². The highest BCUT2D eigenvalue weighted by Gasteiger charge is 2.18. The minimum Gasteiger partial charge on any atom is -0.493 e. The molecule has 0 saturated heterocycles. The number of anilines is 2. The van der Waals surface area contributed by atoms with Crippen LogP contribution in [-0.2, 0) is 4.79 Å². The van der Waals surface area contributed by atoms with E-state index in [1.54, 1.807) is 52.1 Å². The van der Waals surface area contributed by atoms with E-state index in [1.807, 2.05) is 30.5 Å². The molecule has 0 saturated carbocycles. The first-order chi connectivity index (χ1) is 12.5. The van der Waals surface area contributed by atoms with Gasteiger partial charge in [0.25, 0.3) is 0 Å². The number of ether oxygens (including phenoxy) is 3. The van der Waals surface area contributed by atoms with Gasteiger partial charge in [0.2, 0.25) is 11.7 Å². The van der Waals surface area contributed by atoms with Gasteiger partial charge in [0.1, 0.15) is 6.04 Å². The summed E-state index contributed by atoms with van der Waals surface area (Å²) in [6.07, 6.45) is 1.97. The van der Waals surface area contributed by atoms with Crippen molar-refractivity contribution in [2.45, 2.75) is 17.9 Å². The maximum atomic E-state index is 12.5. The molecular weight excluding hydrogens is 352 g/mol. The number of thioether (sulfide) groups is 1. The van der Waals surface area contributed by atoms with Crippen LogP contribution in [0.15, 0.2) is 41.3 Å². The van der Waals surface area contributed by atoms with Crippen LogP contribution >= 0.6 is 11.8 Å². The van der Waals surface area contributed by atoms with E-state index in [9.17, 15) is 4.79 Å². The highest BCUT2D eigenvalue weighted by Crippen LogP contribution is 2.40. The number of carbonyl (C=O) groups is 1. The largest absolute Gasteiger partial charge is 0.493 e. The normalized spacial score (nSPS) is 11.4. The quantitative estimate of drug-likeness (QED) is 0.682. The van der Waals surface area contributed by atoms with Gasteiger partial charge in [-0.25, -0.2) is 0 Å². The molecule has 6 nitrogen and oxygen atoms in total. The molecule has 0 aromatic heterocycles. The van der Waals surface area contributed by atoms with Gasteiger partial charge in [-0.1, -0.05) is 12.1 Å². The van der Waals surface area contributed by atoms with Gasteiger partial charge in [-0.15, -0.1) is 11.8 Å². The van der Waals surface area contributed by atoms with Crippen LogP contribution in [-0.4, -0.2) is 39.5 Å². The Labute approximate surface area is 158 Å². The smallest absolute Gasteiger partial charge is 0.246 e. The van der Waals surface area contributed by atoms with E-state index < -0.39 is 6.04 Å². The molecule has 1 amide bonds. The molecule has 1 atom stereocenters. The van der Waals surface area contributed by atoms with Gasteiger partial charge in [0.05, 0.1) is 27.0 Å². The summed E-state index contributed by atoms with van der Waals surface area (Å²) >= 11 is 1.58. The number of hydrogen-bond acceptors (Lipinski definition) is 6. The average Bonchev–Trinajstić information content (AvgIpc) is 2.67. The van der Waals surface area contributed by atoms with E-state index in [1.165, 1.54) is 0 Å². The van der Waals surface area contributed by atoms with Crippen LogP contribution < -0.4 is 24.8 Å². The number of para-hydroxylation sites is 1. The molecule has 0 heterocycles. The lowest BCUT2D eigenvalue weighted by molar-refractivity contribution is -0.116. The number of benzene rings is 2. The van der Waals surface area contributed by atoms with Crippen molar-refractivity contribution in [2.75, 3.05) is 38.2 Å². The molecule has 0 unspecified atom stereocenters. The van der Waals surface area contributed by atoms with Crippen LogP contribution in [0.25, 0.3) is 0 Å². The van der Waals surface area contributed by atoms with Crippen molar-refractivity contribution < 1.29 is 19.0 Å². The third-order valence-electron chi connectivity index (χ3n) is 3.81. The molecule has 0 bridgehead atoms. The van der Waals surface area contributed by atoms with Crippen molar-refractivity contribution in [1.29, 1.82) is 0 Å². The molecule has 140 valence electrons. The zero-order valence-corrected chi connectivity index (χ0v) is 16.4. The Hall–Kier alpha value is -2.54. The van der Waals surface area contributed by atoms with Gasteiger partial charge < -0.3 is 24.8 Å². The number of carbonyl (C=O) groups excluding carboxylic acids is 1. The number of hydrogen-bond donors (Lipinski definition) is 2. The summed E-state index contributed by atoms with van der Waals surface area (Å²) in [5, 5.41) is 6.12. The maximum Gasteiger partial charge on any atom is 0.246 e. The molecule has 0 aliphatic rings. The monoisotopic (exact) mass is 376 g/mol. The highest BCUT2D eigenvalue weighted by molar-refractivity contribution is 7.98. The fraction of sp³-hybridized carbons (Fsp3) is 0.316. The van der Waals surface area contributed by atoms with E-state index in [4.69, 9.17) is 14.2 Å². The van der Waals surface area contributed by atoms with Crippen LogP contribution in [0, 0.1) is 0 Å². The molecule has 2 N–H and O–H groups in total. The van der Waals surface area contributed by atoms with Crippen molar-refractivity contribution in [3.05, 3.63) is 36.4 Å². The lowest BCUT2D eigenvalue weighted by Gasteiger charge is -2.19. The Morgan fingerprint density at radius 3 is 2.19 bits per heavy atom. The summed E-state index contributed by atoms with van der Waals surface area (Å²) in [6, 6.07) is 10.8. The Morgan fingerprint density at radius 2 is 1.65 bits per heavy atom. The molecule has 2 aromatic carbocycles. The minimum absolute atomic E-state index is 0.139. The fourth-order valence-electron chi connectivity index (χ4n) is 2.47. The van der Waals surface area contributed by atoms with Crippen molar-refractivity contribution in [3.63, 3.8) is 0 Å². The zero-order valence-electron chi connectivity index (χ0n) is 15.6. The van der Waals surface area contributed by atoms with E-state index in [2.05, 4.69) is 10.6 Å². The predicted molar refractivity (Wildman–Crippen MR) is 106 cm³/mol. The second kappa shape index (κ2) is 9.24. The van der Waals surface area contributed by atoms with Crippen LogP contribution in [0.5, 0.6) is 17.2 Å². The zero-order chi connectivity index (χ0) is 19.1.